The number of fused-ring (bicyclic) bond motifs is 1. The van der Waals surface area contributed by atoms with E-state index in [-0.39, 0.29) is 5.91 Å². The summed E-state index contributed by atoms with van der Waals surface area (Å²) in [6, 6.07) is 11.6. The highest BCUT2D eigenvalue weighted by Gasteiger charge is 2.16. The summed E-state index contributed by atoms with van der Waals surface area (Å²) in [6.45, 7) is 1.85. The van der Waals surface area contributed by atoms with Crippen LogP contribution >= 0.6 is 22.7 Å². The van der Waals surface area contributed by atoms with Crippen LogP contribution in [-0.2, 0) is 0 Å². The van der Waals surface area contributed by atoms with Crippen LogP contribution in [0.1, 0.15) is 15.4 Å². The Hall–Kier alpha value is -3.23. The number of nitrogens with zero attached hydrogens (tertiary/aromatic N) is 4. The summed E-state index contributed by atoms with van der Waals surface area (Å²) < 4.78 is 3.90. The van der Waals surface area contributed by atoms with Gasteiger partial charge in [-0.2, -0.15) is 0 Å². The Morgan fingerprint density at radius 3 is 2.79 bits per heavy atom. The number of hydrogen-bond acceptors (Lipinski definition) is 5. The molecule has 0 spiro atoms. The lowest BCUT2D eigenvalue weighted by atomic mass is 10.1. The molecule has 0 aliphatic carbocycles. The Bertz CT molecular complexity index is 1250. The number of imidazole rings is 1. The molecule has 5 rings (SSSR count). The fraction of sp³-hybridized carbons (Fsp3) is 0.0500. The van der Waals surface area contributed by atoms with Gasteiger partial charge in [0.2, 0.25) is 0 Å². The first kappa shape index (κ1) is 16.9. The average molecular weight is 406 g/mol. The second kappa shape index (κ2) is 6.74. The van der Waals surface area contributed by atoms with Gasteiger partial charge in [0.25, 0.3) is 5.91 Å². The van der Waals surface area contributed by atoms with Gasteiger partial charge < -0.3 is 9.88 Å². The maximum Gasteiger partial charge on any atom is 0.267 e. The number of anilines is 1. The first-order valence-electron chi connectivity index (χ1n) is 8.62. The minimum atomic E-state index is -0.156. The number of hydrogen-bond donors (Lipinski definition) is 1. The maximum atomic E-state index is 12.8. The Morgan fingerprint density at radius 1 is 1.11 bits per heavy atom. The van der Waals surface area contributed by atoms with Crippen molar-refractivity contribution in [2.24, 2.45) is 0 Å². The molecule has 8 heteroatoms. The van der Waals surface area contributed by atoms with Crippen molar-refractivity contribution < 1.29 is 4.79 Å². The number of benzene rings is 1. The molecule has 6 nitrogen and oxygen atoms in total. The minimum Gasteiger partial charge on any atom is -0.321 e. The number of nitrogens with one attached hydrogen (secondary N) is 1. The lowest BCUT2D eigenvalue weighted by Crippen LogP contribution is -2.11. The van der Waals surface area contributed by atoms with Crippen LogP contribution in [0.2, 0.25) is 0 Å². The van der Waals surface area contributed by atoms with E-state index in [0.717, 1.165) is 32.7 Å². The van der Waals surface area contributed by atoms with Crippen LogP contribution in [0.4, 0.5) is 5.69 Å². The molecule has 0 radical (unpaired) electrons. The predicted molar refractivity (Wildman–Crippen MR) is 113 cm³/mol. The van der Waals surface area contributed by atoms with Gasteiger partial charge in [-0.25, -0.2) is 9.97 Å². The number of aromatic nitrogens is 4. The summed E-state index contributed by atoms with van der Waals surface area (Å²) in [7, 11) is 0. The second-order valence-electron chi connectivity index (χ2n) is 6.26. The molecule has 1 aromatic carbocycles. The molecular formula is C20H15N5OS2. The molecule has 138 valence electrons. The highest BCUT2D eigenvalue weighted by atomic mass is 32.1. The minimum absolute atomic E-state index is 0.156. The Balaban J connectivity index is 1.40. The Kier molecular flexibility index (Phi) is 4.07. The topological polar surface area (TPSA) is 64.2 Å². The lowest BCUT2D eigenvalue weighted by Gasteiger charge is -2.05. The van der Waals surface area contributed by atoms with E-state index in [4.69, 9.17) is 0 Å². The summed E-state index contributed by atoms with van der Waals surface area (Å²) >= 11 is 2.97. The summed E-state index contributed by atoms with van der Waals surface area (Å²) in [6.07, 6.45) is 7.80. The molecule has 1 amide bonds. The van der Waals surface area contributed by atoms with Crippen LogP contribution in [0.5, 0.6) is 0 Å². The molecule has 4 heterocycles. The molecule has 28 heavy (non-hydrogen) atoms. The van der Waals surface area contributed by atoms with Crippen molar-refractivity contribution in [2.45, 2.75) is 6.92 Å². The average Bonchev–Trinajstić information content (AvgIpc) is 3.45. The monoisotopic (exact) mass is 405 g/mol. The lowest BCUT2D eigenvalue weighted by molar-refractivity contribution is 0.103. The van der Waals surface area contributed by atoms with Crippen molar-refractivity contribution in [3.8, 4) is 16.4 Å². The van der Waals surface area contributed by atoms with Gasteiger partial charge >= 0.3 is 0 Å². The number of carbonyl (C=O) groups excluding carboxylic acids is 1. The van der Waals surface area contributed by atoms with E-state index in [1.807, 2.05) is 82.5 Å². The molecule has 0 unspecified atom stereocenters. The number of rotatable bonds is 4. The van der Waals surface area contributed by atoms with E-state index in [1.165, 1.54) is 11.3 Å². The van der Waals surface area contributed by atoms with E-state index in [0.29, 0.717) is 4.88 Å². The highest BCUT2D eigenvalue weighted by molar-refractivity contribution is 7.16. The van der Waals surface area contributed by atoms with Crippen LogP contribution in [0.3, 0.4) is 0 Å². The second-order valence-corrected chi connectivity index (χ2v) is 8.11. The molecule has 0 bridgehead atoms. The highest BCUT2D eigenvalue weighted by Crippen LogP contribution is 2.26. The van der Waals surface area contributed by atoms with Gasteiger partial charge in [0.05, 0.1) is 11.4 Å². The SMILES string of the molecule is Cc1nc(-n2cccc2)sc1C(=O)Nc1cccc(-c2cn3ccsc3n2)c1. The number of amides is 1. The quantitative estimate of drug-likeness (QED) is 0.464. The predicted octanol–water partition coefficient (Wildman–Crippen LogP) is 4.87. The van der Waals surface area contributed by atoms with Gasteiger partial charge in [-0.05, 0) is 31.2 Å². The summed E-state index contributed by atoms with van der Waals surface area (Å²) in [4.78, 5) is 23.5. The van der Waals surface area contributed by atoms with Gasteiger partial charge in [0, 0.05) is 41.4 Å². The molecule has 0 atom stereocenters. The summed E-state index contributed by atoms with van der Waals surface area (Å²) in [5.41, 5.74) is 3.29. The first-order chi connectivity index (χ1) is 13.7. The van der Waals surface area contributed by atoms with Crippen molar-refractivity contribution in [2.75, 3.05) is 5.32 Å². The van der Waals surface area contributed by atoms with E-state index in [9.17, 15) is 4.79 Å². The van der Waals surface area contributed by atoms with E-state index >= 15 is 0 Å². The first-order valence-corrected chi connectivity index (χ1v) is 10.3. The summed E-state index contributed by atoms with van der Waals surface area (Å²) in [5, 5.41) is 5.77. The fourth-order valence-electron chi connectivity index (χ4n) is 2.98. The van der Waals surface area contributed by atoms with Gasteiger partial charge in [-0.1, -0.05) is 23.5 Å². The standard InChI is InChI=1S/C20H15N5OS2/c1-13-17(28-20(21-13)24-7-2-3-8-24)18(26)22-15-6-4-5-14(11-15)16-12-25-9-10-27-19(25)23-16/h2-12H,1H3,(H,22,26). The zero-order valence-corrected chi connectivity index (χ0v) is 16.5. The van der Waals surface area contributed by atoms with Crippen molar-refractivity contribution in [3.05, 3.63) is 77.1 Å². The fourth-order valence-corrected chi connectivity index (χ4v) is 4.61. The van der Waals surface area contributed by atoms with Crippen molar-refractivity contribution in [3.63, 3.8) is 0 Å². The van der Waals surface area contributed by atoms with Gasteiger partial charge in [0.15, 0.2) is 10.1 Å². The van der Waals surface area contributed by atoms with Gasteiger partial charge in [-0.15, -0.1) is 11.3 Å². The smallest absolute Gasteiger partial charge is 0.267 e. The van der Waals surface area contributed by atoms with Crippen LogP contribution in [0.15, 0.2) is 66.6 Å². The Labute approximate surface area is 168 Å². The number of carbonyl (C=O) groups is 1. The van der Waals surface area contributed by atoms with Crippen LogP contribution in [0, 0.1) is 6.92 Å². The van der Waals surface area contributed by atoms with E-state index < -0.39 is 0 Å². The third-order valence-corrected chi connectivity index (χ3v) is 6.27. The van der Waals surface area contributed by atoms with Gasteiger partial charge in [-0.3, -0.25) is 9.20 Å². The molecule has 5 aromatic rings. The molecule has 0 saturated heterocycles. The van der Waals surface area contributed by atoms with Crippen molar-refractivity contribution in [1.29, 1.82) is 0 Å². The zero-order valence-electron chi connectivity index (χ0n) is 14.9. The molecule has 0 aliphatic heterocycles. The summed E-state index contributed by atoms with van der Waals surface area (Å²) in [5.74, 6) is -0.156. The molecule has 0 aliphatic rings. The molecule has 0 fully saturated rings. The van der Waals surface area contributed by atoms with E-state index in [1.54, 1.807) is 11.3 Å². The van der Waals surface area contributed by atoms with Crippen molar-refractivity contribution >= 4 is 39.2 Å². The molecule has 4 aromatic heterocycles. The normalized spacial score (nSPS) is 11.2. The molecule has 0 saturated carbocycles. The number of thiazole rings is 2. The van der Waals surface area contributed by atoms with Gasteiger partial charge in [0.1, 0.15) is 4.88 Å². The largest absolute Gasteiger partial charge is 0.321 e. The van der Waals surface area contributed by atoms with Crippen LogP contribution < -0.4 is 5.32 Å². The zero-order chi connectivity index (χ0) is 19.1. The molecule has 1 N–H and O–H groups in total. The van der Waals surface area contributed by atoms with Crippen LogP contribution in [-0.4, -0.2) is 24.8 Å². The Morgan fingerprint density at radius 2 is 1.96 bits per heavy atom. The molecular weight excluding hydrogens is 390 g/mol. The number of aryl methyl sites for hydroxylation is 1. The van der Waals surface area contributed by atoms with E-state index in [2.05, 4.69) is 15.3 Å². The third kappa shape index (κ3) is 3.02. The maximum absolute atomic E-state index is 12.8. The van der Waals surface area contributed by atoms with Crippen molar-refractivity contribution in [1.82, 2.24) is 18.9 Å². The van der Waals surface area contributed by atoms with Crippen LogP contribution in [0.25, 0.3) is 21.3 Å². The third-order valence-electron chi connectivity index (χ3n) is 4.33.